The topological polar surface area (TPSA) is 50.8 Å². The largest absolute Gasteiger partial charge is 0.350 e. The summed E-state index contributed by atoms with van der Waals surface area (Å²) in [7, 11) is 1.90. The fraction of sp³-hybridized carbons (Fsp3) is 0.217. The van der Waals surface area contributed by atoms with E-state index in [9.17, 15) is 10.5 Å². The Labute approximate surface area is 155 Å². The van der Waals surface area contributed by atoms with E-state index in [1.165, 1.54) is 5.56 Å². The minimum absolute atomic E-state index is 0.298. The van der Waals surface area contributed by atoms with Crippen LogP contribution in [-0.4, -0.2) is 11.9 Å². The van der Waals surface area contributed by atoms with Crippen LogP contribution >= 0.6 is 0 Å². The lowest BCUT2D eigenvalue weighted by Gasteiger charge is -2.32. The Morgan fingerprint density at radius 3 is 1.58 bits per heavy atom. The lowest BCUT2D eigenvalue weighted by molar-refractivity contribution is 0.489. The molecule has 1 aliphatic heterocycles. The van der Waals surface area contributed by atoms with Crippen molar-refractivity contribution in [3.8, 4) is 23.3 Å². The molecule has 2 aromatic carbocycles. The third-order valence-corrected chi connectivity index (χ3v) is 5.23. The van der Waals surface area contributed by atoms with Gasteiger partial charge < -0.3 is 4.90 Å². The molecule has 3 nitrogen and oxygen atoms in total. The second-order valence-corrected chi connectivity index (χ2v) is 6.70. The Balaban J connectivity index is 2.06. The van der Waals surface area contributed by atoms with Gasteiger partial charge >= 0.3 is 0 Å². The number of nitrogens with zero attached hydrogens (tertiary/aromatic N) is 3. The van der Waals surface area contributed by atoms with Gasteiger partial charge in [0, 0.05) is 18.4 Å². The Morgan fingerprint density at radius 2 is 1.15 bits per heavy atom. The number of allylic oxidation sites excluding steroid dienone is 4. The van der Waals surface area contributed by atoms with Crippen LogP contribution < -0.4 is 0 Å². The van der Waals surface area contributed by atoms with Crippen molar-refractivity contribution in [2.45, 2.75) is 26.7 Å². The Kier molecular flexibility index (Phi) is 4.65. The summed E-state index contributed by atoms with van der Waals surface area (Å²) in [4.78, 5) is 1.92. The lowest BCUT2D eigenvalue weighted by Crippen LogP contribution is -2.25. The highest BCUT2D eigenvalue weighted by Gasteiger charge is 2.31. The minimum atomic E-state index is -0.298. The summed E-state index contributed by atoms with van der Waals surface area (Å²) in [5.74, 6) is -0.298. The Bertz CT molecular complexity index is 940. The summed E-state index contributed by atoms with van der Waals surface area (Å²) >= 11 is 0. The second kappa shape index (κ2) is 6.90. The van der Waals surface area contributed by atoms with E-state index in [4.69, 9.17) is 0 Å². The molecule has 0 radical (unpaired) electrons. The number of aryl methyl sites for hydroxylation is 1. The molecule has 0 amide bonds. The fourth-order valence-electron chi connectivity index (χ4n) is 3.41. The van der Waals surface area contributed by atoms with E-state index in [0.29, 0.717) is 11.1 Å². The number of rotatable bonds is 2. The van der Waals surface area contributed by atoms with Crippen molar-refractivity contribution >= 4 is 0 Å². The van der Waals surface area contributed by atoms with E-state index < -0.39 is 0 Å². The van der Waals surface area contributed by atoms with E-state index in [-0.39, 0.29) is 5.92 Å². The molecule has 0 spiro atoms. The first kappa shape index (κ1) is 17.5. The van der Waals surface area contributed by atoms with Crippen LogP contribution in [0.5, 0.6) is 0 Å². The molecule has 1 heterocycles. The standard InChI is InChI=1S/C23H21N3/c1-15-5-7-18(8-6-15)19-9-11-20(12-10-19)23-21(13-24)16(2)26(4)17(3)22(23)14-25/h5-12,23H,1-4H3. The van der Waals surface area contributed by atoms with Crippen molar-refractivity contribution in [2.75, 3.05) is 7.05 Å². The third-order valence-electron chi connectivity index (χ3n) is 5.23. The molecule has 1 aliphatic rings. The van der Waals surface area contributed by atoms with Crippen LogP contribution in [0.1, 0.15) is 30.9 Å². The van der Waals surface area contributed by atoms with Crippen molar-refractivity contribution in [1.82, 2.24) is 4.90 Å². The third kappa shape index (κ3) is 2.89. The van der Waals surface area contributed by atoms with Crippen LogP contribution in [0.3, 0.4) is 0 Å². The van der Waals surface area contributed by atoms with E-state index in [2.05, 4.69) is 55.5 Å². The van der Waals surface area contributed by atoms with Gasteiger partial charge in [-0.05, 0) is 37.5 Å². The Hall–Kier alpha value is -3.30. The highest BCUT2D eigenvalue weighted by molar-refractivity contribution is 5.65. The van der Waals surface area contributed by atoms with Crippen LogP contribution in [0.15, 0.2) is 71.1 Å². The number of nitriles is 2. The van der Waals surface area contributed by atoms with Gasteiger partial charge in [0.25, 0.3) is 0 Å². The van der Waals surface area contributed by atoms with Gasteiger partial charge in [0.2, 0.25) is 0 Å². The summed E-state index contributed by atoms with van der Waals surface area (Å²) in [5.41, 5.74) is 7.56. The van der Waals surface area contributed by atoms with Crippen LogP contribution in [0.25, 0.3) is 11.1 Å². The molecule has 0 fully saturated rings. The van der Waals surface area contributed by atoms with Crippen molar-refractivity contribution in [1.29, 1.82) is 10.5 Å². The molecule has 3 rings (SSSR count). The molecule has 0 N–H and O–H groups in total. The molecule has 0 saturated carbocycles. The maximum atomic E-state index is 9.70. The van der Waals surface area contributed by atoms with Crippen molar-refractivity contribution in [3.05, 3.63) is 82.2 Å². The first-order valence-electron chi connectivity index (χ1n) is 8.60. The monoisotopic (exact) mass is 339 g/mol. The number of hydrogen-bond donors (Lipinski definition) is 0. The van der Waals surface area contributed by atoms with Gasteiger partial charge in [0.05, 0.1) is 29.2 Å². The highest BCUT2D eigenvalue weighted by atomic mass is 15.1. The first-order chi connectivity index (χ1) is 12.5. The van der Waals surface area contributed by atoms with Gasteiger partial charge in [-0.3, -0.25) is 0 Å². The summed E-state index contributed by atoms with van der Waals surface area (Å²) in [6, 6.07) is 21.2. The maximum Gasteiger partial charge on any atom is 0.0975 e. The molecular formula is C23H21N3. The molecule has 26 heavy (non-hydrogen) atoms. The molecule has 0 aromatic heterocycles. The SMILES string of the molecule is CC1=C(C#N)C(c2ccc(-c3ccc(C)cc3)cc2)C(C#N)=C(C)N1C. The van der Waals surface area contributed by atoms with Gasteiger partial charge in [-0.15, -0.1) is 0 Å². The van der Waals surface area contributed by atoms with Crippen LogP contribution in [-0.2, 0) is 0 Å². The van der Waals surface area contributed by atoms with Crippen LogP contribution in [0, 0.1) is 29.6 Å². The zero-order chi connectivity index (χ0) is 18.8. The molecule has 0 unspecified atom stereocenters. The Morgan fingerprint density at radius 1 is 0.731 bits per heavy atom. The van der Waals surface area contributed by atoms with Crippen molar-refractivity contribution in [3.63, 3.8) is 0 Å². The molecule has 0 aliphatic carbocycles. The summed E-state index contributed by atoms with van der Waals surface area (Å²) in [6.45, 7) is 5.94. The van der Waals surface area contributed by atoms with E-state index in [1.807, 2.05) is 37.9 Å². The lowest BCUT2D eigenvalue weighted by atomic mass is 9.80. The summed E-state index contributed by atoms with van der Waals surface area (Å²) < 4.78 is 0. The molecule has 0 atom stereocenters. The molecule has 0 saturated heterocycles. The van der Waals surface area contributed by atoms with E-state index in [1.54, 1.807) is 0 Å². The predicted octanol–water partition coefficient (Wildman–Crippen LogP) is 5.29. The molecule has 2 aromatic rings. The van der Waals surface area contributed by atoms with Gasteiger partial charge in [-0.1, -0.05) is 54.1 Å². The molecule has 3 heteroatoms. The fourth-order valence-corrected chi connectivity index (χ4v) is 3.41. The zero-order valence-electron chi connectivity index (χ0n) is 15.5. The van der Waals surface area contributed by atoms with Gasteiger partial charge in [0.1, 0.15) is 0 Å². The predicted molar refractivity (Wildman–Crippen MR) is 104 cm³/mol. The van der Waals surface area contributed by atoms with Gasteiger partial charge in [0.15, 0.2) is 0 Å². The van der Waals surface area contributed by atoms with Crippen LogP contribution in [0.4, 0.5) is 0 Å². The van der Waals surface area contributed by atoms with Gasteiger partial charge in [-0.2, -0.15) is 10.5 Å². The average Bonchev–Trinajstić information content (AvgIpc) is 2.67. The first-order valence-corrected chi connectivity index (χ1v) is 8.60. The van der Waals surface area contributed by atoms with Crippen LogP contribution in [0.2, 0.25) is 0 Å². The van der Waals surface area contributed by atoms with E-state index in [0.717, 1.165) is 28.1 Å². The highest BCUT2D eigenvalue weighted by Crippen LogP contribution is 2.40. The summed E-state index contributed by atoms with van der Waals surface area (Å²) in [5, 5.41) is 19.4. The molecular weight excluding hydrogens is 318 g/mol. The zero-order valence-corrected chi connectivity index (χ0v) is 15.5. The average molecular weight is 339 g/mol. The second-order valence-electron chi connectivity index (χ2n) is 6.70. The normalized spacial score (nSPS) is 15.1. The summed E-state index contributed by atoms with van der Waals surface area (Å²) in [6.07, 6.45) is 0. The van der Waals surface area contributed by atoms with E-state index >= 15 is 0 Å². The quantitative estimate of drug-likeness (QED) is 0.747. The smallest absolute Gasteiger partial charge is 0.0975 e. The number of hydrogen-bond acceptors (Lipinski definition) is 3. The molecule has 128 valence electrons. The maximum absolute atomic E-state index is 9.70. The van der Waals surface area contributed by atoms with Gasteiger partial charge in [-0.25, -0.2) is 0 Å². The number of benzene rings is 2. The minimum Gasteiger partial charge on any atom is -0.350 e. The molecule has 0 bridgehead atoms. The van der Waals surface area contributed by atoms with Crippen molar-refractivity contribution < 1.29 is 0 Å². The van der Waals surface area contributed by atoms with Crippen molar-refractivity contribution in [2.24, 2.45) is 0 Å².